The molecule has 0 unspecified atom stereocenters. The van der Waals surface area contributed by atoms with Gasteiger partial charge in [-0.25, -0.2) is 0 Å². The number of allylic oxidation sites excluding steroid dienone is 2. The van der Waals surface area contributed by atoms with Gasteiger partial charge in [0.25, 0.3) is 0 Å². The maximum absolute atomic E-state index is 12.8. The van der Waals surface area contributed by atoms with Crippen molar-refractivity contribution in [1.82, 2.24) is 0 Å². The zero-order valence-corrected chi connectivity index (χ0v) is 24.8. The smallest absolute Gasteiger partial charge is 0.339 e. The van der Waals surface area contributed by atoms with Crippen molar-refractivity contribution < 1.29 is 17.3 Å². The van der Waals surface area contributed by atoms with Gasteiger partial charge in [0, 0.05) is 17.8 Å². The summed E-state index contributed by atoms with van der Waals surface area (Å²) in [5.74, 6) is 1.39. The van der Waals surface area contributed by atoms with Crippen molar-refractivity contribution in [3.05, 3.63) is 125 Å². The van der Waals surface area contributed by atoms with Gasteiger partial charge in [-0.1, -0.05) is 59.7 Å². The third-order valence-electron chi connectivity index (χ3n) is 7.91. The number of ether oxygens (including phenoxy) is 1. The van der Waals surface area contributed by atoms with Gasteiger partial charge in [-0.3, -0.25) is 4.99 Å². The van der Waals surface area contributed by atoms with Crippen LogP contribution in [0.15, 0.2) is 107 Å². The topological polar surface area (TPSA) is 77.0 Å². The van der Waals surface area contributed by atoms with Crippen LogP contribution in [0.4, 0.5) is 11.4 Å². The highest BCUT2D eigenvalue weighted by molar-refractivity contribution is 7.87. The lowest BCUT2D eigenvalue weighted by Crippen LogP contribution is -2.29. The number of nitrogens with zero attached hydrogens (tertiary/aromatic N) is 1. The molecule has 1 aliphatic heterocycles. The molecule has 6 rings (SSSR count). The van der Waals surface area contributed by atoms with Crippen LogP contribution in [0.25, 0.3) is 0 Å². The van der Waals surface area contributed by atoms with E-state index in [1.807, 2.05) is 26.0 Å². The Balaban J connectivity index is 1.18. The monoisotopic (exact) mass is 578 g/mol. The van der Waals surface area contributed by atoms with Crippen LogP contribution in [0.5, 0.6) is 11.5 Å². The van der Waals surface area contributed by atoms with Crippen LogP contribution in [0.3, 0.4) is 0 Å². The molecule has 7 heteroatoms. The van der Waals surface area contributed by atoms with Gasteiger partial charge < -0.3 is 14.2 Å². The minimum atomic E-state index is -4.00. The van der Waals surface area contributed by atoms with Gasteiger partial charge >= 0.3 is 10.1 Å². The van der Waals surface area contributed by atoms with Crippen molar-refractivity contribution in [3.63, 3.8) is 0 Å². The van der Waals surface area contributed by atoms with E-state index in [0.29, 0.717) is 24.2 Å². The number of hydrogen-bond acceptors (Lipinski definition) is 6. The van der Waals surface area contributed by atoms with Crippen LogP contribution >= 0.6 is 0 Å². The lowest BCUT2D eigenvalue weighted by atomic mass is 9.76. The van der Waals surface area contributed by atoms with Gasteiger partial charge in [0.2, 0.25) is 0 Å². The molecule has 3 atom stereocenters. The Morgan fingerprint density at radius 3 is 2.43 bits per heavy atom. The first-order valence-corrected chi connectivity index (χ1v) is 15.7. The zero-order valence-electron chi connectivity index (χ0n) is 23.9. The number of hydrogen-bond donors (Lipinski definition) is 1. The zero-order chi connectivity index (χ0) is 29.3. The van der Waals surface area contributed by atoms with Gasteiger partial charge in [-0.15, -0.1) is 0 Å². The molecule has 4 aromatic carbocycles. The average Bonchev–Trinajstić information content (AvgIpc) is 3.48. The Morgan fingerprint density at radius 1 is 0.905 bits per heavy atom. The highest BCUT2D eigenvalue weighted by Gasteiger charge is 2.37. The predicted molar refractivity (Wildman–Crippen MR) is 168 cm³/mol. The molecule has 6 nitrogen and oxygen atoms in total. The fourth-order valence-corrected chi connectivity index (χ4v) is 6.71. The first-order chi connectivity index (χ1) is 20.3. The first-order valence-electron chi connectivity index (χ1n) is 14.3. The van der Waals surface area contributed by atoms with E-state index < -0.39 is 10.1 Å². The van der Waals surface area contributed by atoms with E-state index in [4.69, 9.17) is 8.92 Å². The minimum absolute atomic E-state index is 0.0899. The van der Waals surface area contributed by atoms with Crippen molar-refractivity contribution >= 4 is 27.7 Å². The molecule has 0 radical (unpaired) electrons. The number of anilines is 1. The number of aliphatic imine (C=N–C) groups is 1. The molecule has 0 fully saturated rings. The van der Waals surface area contributed by atoms with E-state index in [-0.39, 0.29) is 16.7 Å². The summed E-state index contributed by atoms with van der Waals surface area (Å²) < 4.78 is 36.8. The predicted octanol–water partition coefficient (Wildman–Crippen LogP) is 8.05. The molecular formula is C35H34N2O4S. The summed E-state index contributed by atoms with van der Waals surface area (Å²) in [5.41, 5.74) is 7.70. The van der Waals surface area contributed by atoms with Crippen molar-refractivity contribution in [2.45, 2.75) is 44.0 Å². The third kappa shape index (κ3) is 5.70. The molecule has 1 aliphatic carbocycles. The second kappa shape index (κ2) is 11.5. The van der Waals surface area contributed by atoms with Crippen LogP contribution in [0.1, 0.15) is 53.1 Å². The highest BCUT2D eigenvalue weighted by atomic mass is 32.2. The fourth-order valence-electron chi connectivity index (χ4n) is 5.77. The number of fused-ring (bicyclic) bond motifs is 3. The van der Waals surface area contributed by atoms with E-state index in [9.17, 15) is 8.42 Å². The standard InChI is InChI=1S/C35H34N2O4S/c1-4-40-34-21-25(11-19-33(34)41-42(38,39)28-16-8-23(2)9-17-28)22-36-27-14-12-26(13-15-27)35-30-7-5-6-29(30)31-20-24(3)10-18-32(31)37-35/h5-6,8-22,29-30,35,37H,4,7H2,1-3H3/t29-,30+,35+/m1/s1. The van der Waals surface area contributed by atoms with Crippen molar-refractivity contribution in [3.8, 4) is 11.5 Å². The van der Waals surface area contributed by atoms with Gasteiger partial charge in [-0.05, 0) is 98.3 Å². The second-order valence-electron chi connectivity index (χ2n) is 10.9. The van der Waals surface area contributed by atoms with Crippen LogP contribution in [-0.4, -0.2) is 21.2 Å². The maximum Gasteiger partial charge on any atom is 0.339 e. The quantitative estimate of drug-likeness (QED) is 0.130. The van der Waals surface area contributed by atoms with Crippen LogP contribution in [-0.2, 0) is 10.1 Å². The van der Waals surface area contributed by atoms with E-state index in [1.54, 1.807) is 36.5 Å². The summed E-state index contributed by atoms with van der Waals surface area (Å²) in [5, 5.41) is 3.79. The number of aryl methyl sites for hydroxylation is 2. The van der Waals surface area contributed by atoms with Crippen molar-refractivity contribution in [2.24, 2.45) is 10.9 Å². The van der Waals surface area contributed by atoms with Crippen molar-refractivity contribution in [2.75, 3.05) is 11.9 Å². The number of rotatable bonds is 8. The SMILES string of the molecule is CCOc1cc(C=Nc2ccc([C@@H]3Nc4ccc(C)cc4[C@@H]4C=CC[C@@H]43)cc2)ccc1OS(=O)(=O)c1ccc(C)cc1. The number of benzene rings is 4. The largest absolute Gasteiger partial charge is 0.490 e. The molecule has 1 N–H and O–H groups in total. The van der Waals surface area contributed by atoms with Crippen molar-refractivity contribution in [1.29, 1.82) is 0 Å². The average molecular weight is 579 g/mol. The van der Waals surface area contributed by atoms with E-state index in [2.05, 4.69) is 59.7 Å². The molecule has 2 aliphatic rings. The maximum atomic E-state index is 12.8. The van der Waals surface area contributed by atoms with Crippen LogP contribution in [0.2, 0.25) is 0 Å². The van der Waals surface area contributed by atoms with Gasteiger partial charge in [0.15, 0.2) is 11.5 Å². The summed E-state index contributed by atoms with van der Waals surface area (Å²) in [6.07, 6.45) is 7.47. The molecule has 1 heterocycles. The highest BCUT2D eigenvalue weighted by Crippen LogP contribution is 2.50. The molecule has 214 valence electrons. The molecule has 0 bridgehead atoms. The molecule has 42 heavy (non-hydrogen) atoms. The summed E-state index contributed by atoms with van der Waals surface area (Å²) in [4.78, 5) is 4.75. The lowest BCUT2D eigenvalue weighted by molar-refractivity contribution is 0.327. The third-order valence-corrected chi connectivity index (χ3v) is 9.16. The molecule has 0 aromatic heterocycles. The molecular weight excluding hydrogens is 544 g/mol. The first kappa shape index (κ1) is 27.8. The van der Waals surface area contributed by atoms with Gasteiger partial charge in [0.05, 0.1) is 18.3 Å². The van der Waals surface area contributed by atoms with E-state index in [1.165, 1.54) is 34.5 Å². The molecule has 4 aromatic rings. The molecule has 0 saturated heterocycles. The Kier molecular flexibility index (Phi) is 7.60. The second-order valence-corrected chi connectivity index (χ2v) is 12.5. The Morgan fingerprint density at radius 2 is 1.67 bits per heavy atom. The van der Waals surface area contributed by atoms with Crippen LogP contribution < -0.4 is 14.2 Å². The fraction of sp³-hybridized carbons (Fsp3) is 0.229. The number of nitrogens with one attached hydrogen (secondary N) is 1. The Bertz CT molecular complexity index is 1760. The summed E-state index contributed by atoms with van der Waals surface area (Å²) in [6, 6.07) is 26.9. The van der Waals surface area contributed by atoms with E-state index in [0.717, 1.165) is 23.2 Å². The lowest BCUT2D eigenvalue weighted by Gasteiger charge is -2.37. The molecule has 0 amide bonds. The van der Waals surface area contributed by atoms with E-state index >= 15 is 0 Å². The van der Waals surface area contributed by atoms with Gasteiger partial charge in [-0.2, -0.15) is 8.42 Å². The minimum Gasteiger partial charge on any atom is -0.490 e. The molecule has 0 saturated carbocycles. The summed E-state index contributed by atoms with van der Waals surface area (Å²) >= 11 is 0. The van der Waals surface area contributed by atoms with Crippen LogP contribution in [0, 0.1) is 19.8 Å². The Hall–Kier alpha value is -4.36. The summed E-state index contributed by atoms with van der Waals surface area (Å²) in [6.45, 7) is 6.25. The molecule has 0 spiro atoms. The summed E-state index contributed by atoms with van der Waals surface area (Å²) in [7, 11) is -4.00. The van der Waals surface area contributed by atoms with Gasteiger partial charge in [0.1, 0.15) is 4.90 Å². The Labute approximate surface area is 247 Å². The normalized spacial score (nSPS) is 19.3.